The summed E-state index contributed by atoms with van der Waals surface area (Å²) in [5.74, 6) is -0.0947. The number of piperazine rings is 1. The Balaban J connectivity index is 1.38. The third kappa shape index (κ3) is 6.02. The second-order valence-corrected chi connectivity index (χ2v) is 9.08. The summed E-state index contributed by atoms with van der Waals surface area (Å²) in [6.45, 7) is 5.00. The molecule has 0 radical (unpaired) electrons. The maximum atomic E-state index is 13.7. The molecule has 31 heavy (non-hydrogen) atoms. The number of amides is 1. The van der Waals surface area contributed by atoms with Crippen molar-refractivity contribution in [2.45, 2.75) is 50.2 Å². The van der Waals surface area contributed by atoms with Crippen LogP contribution in [0.3, 0.4) is 0 Å². The van der Waals surface area contributed by atoms with Crippen LogP contribution < -0.4 is 0 Å². The first-order valence-electron chi connectivity index (χ1n) is 11.3. The second kappa shape index (κ2) is 10.4. The third-order valence-electron chi connectivity index (χ3n) is 6.62. The predicted octanol–water partition coefficient (Wildman–Crippen LogP) is 1.10. The maximum absolute atomic E-state index is 13.7. The van der Waals surface area contributed by atoms with Gasteiger partial charge >= 0.3 is 0 Å². The van der Waals surface area contributed by atoms with E-state index in [2.05, 4.69) is 16.8 Å². The van der Waals surface area contributed by atoms with Crippen molar-refractivity contribution in [3.63, 3.8) is 0 Å². The molecule has 3 heterocycles. The molecule has 0 spiro atoms. The number of β-amino-alcohol motifs (C(OH)–C–C–N with tert-alkyl or cyclic N) is 1. The molecule has 4 rings (SSSR count). The van der Waals surface area contributed by atoms with Gasteiger partial charge in [0.25, 0.3) is 0 Å². The van der Waals surface area contributed by atoms with Gasteiger partial charge in [-0.05, 0) is 37.6 Å². The van der Waals surface area contributed by atoms with Crippen molar-refractivity contribution in [2.24, 2.45) is 0 Å². The van der Waals surface area contributed by atoms with E-state index in [1.54, 1.807) is 6.07 Å². The molecule has 1 aromatic rings. The molecule has 0 aromatic heterocycles. The smallest absolute Gasteiger partial charge is 0.225 e. The van der Waals surface area contributed by atoms with Crippen molar-refractivity contribution in [2.75, 3.05) is 53.0 Å². The fourth-order valence-corrected chi connectivity index (χ4v) is 4.88. The summed E-state index contributed by atoms with van der Waals surface area (Å²) in [4.78, 5) is 19.1. The third-order valence-corrected chi connectivity index (χ3v) is 6.62. The van der Waals surface area contributed by atoms with Gasteiger partial charge in [0.2, 0.25) is 5.91 Å². The Labute approximate surface area is 183 Å². The number of rotatable bonds is 4. The number of aliphatic hydroxyl groups is 1. The van der Waals surface area contributed by atoms with Crippen molar-refractivity contribution in [3.05, 3.63) is 35.6 Å². The van der Waals surface area contributed by atoms with Crippen LogP contribution in [0, 0.1) is 5.82 Å². The van der Waals surface area contributed by atoms with Gasteiger partial charge in [-0.25, -0.2) is 4.39 Å². The number of nitrogens with zero attached hydrogens (tertiary/aromatic N) is 3. The first-order valence-corrected chi connectivity index (χ1v) is 11.3. The van der Waals surface area contributed by atoms with Gasteiger partial charge < -0.3 is 24.4 Å². The van der Waals surface area contributed by atoms with E-state index < -0.39 is 6.10 Å². The highest BCUT2D eigenvalue weighted by Gasteiger charge is 2.38. The molecule has 0 unspecified atom stereocenters. The predicted molar refractivity (Wildman–Crippen MR) is 114 cm³/mol. The van der Waals surface area contributed by atoms with Crippen molar-refractivity contribution < 1.29 is 23.8 Å². The zero-order valence-corrected chi connectivity index (χ0v) is 18.3. The first-order chi connectivity index (χ1) is 15.0. The molecule has 0 saturated carbocycles. The van der Waals surface area contributed by atoms with Crippen LogP contribution in [-0.4, -0.2) is 103 Å². The minimum atomic E-state index is -0.592. The summed E-state index contributed by atoms with van der Waals surface area (Å²) in [5, 5.41) is 10.3. The molecule has 7 nitrogen and oxygen atoms in total. The molecule has 3 aliphatic heterocycles. The van der Waals surface area contributed by atoms with Crippen LogP contribution in [0.25, 0.3) is 0 Å². The van der Waals surface area contributed by atoms with E-state index in [1.165, 1.54) is 12.1 Å². The lowest BCUT2D eigenvalue weighted by atomic mass is 9.94. The Morgan fingerprint density at radius 2 is 2.00 bits per heavy atom. The Kier molecular flexibility index (Phi) is 7.55. The number of hydrogen-bond donors (Lipinski definition) is 1. The molecule has 3 fully saturated rings. The van der Waals surface area contributed by atoms with E-state index >= 15 is 0 Å². The van der Waals surface area contributed by atoms with Gasteiger partial charge in [-0.1, -0.05) is 12.1 Å². The number of halogens is 1. The summed E-state index contributed by atoms with van der Waals surface area (Å²) in [5.41, 5.74) is 0.875. The number of hydrogen-bond acceptors (Lipinski definition) is 6. The van der Waals surface area contributed by atoms with Crippen molar-refractivity contribution in [1.29, 1.82) is 0 Å². The molecule has 0 bridgehead atoms. The van der Waals surface area contributed by atoms with Crippen LogP contribution in [0.2, 0.25) is 0 Å². The molecular weight excluding hydrogens is 401 g/mol. The maximum Gasteiger partial charge on any atom is 0.225 e. The van der Waals surface area contributed by atoms with Crippen molar-refractivity contribution >= 4 is 5.91 Å². The van der Waals surface area contributed by atoms with Gasteiger partial charge in [0.05, 0.1) is 37.9 Å². The zero-order valence-electron chi connectivity index (χ0n) is 18.3. The van der Waals surface area contributed by atoms with Gasteiger partial charge in [-0.3, -0.25) is 9.69 Å². The molecule has 8 heteroatoms. The number of likely N-dealkylation sites (N-methyl/N-ethyl adjacent to an activating group) is 1. The van der Waals surface area contributed by atoms with Crippen LogP contribution in [0.5, 0.6) is 0 Å². The monoisotopic (exact) mass is 435 g/mol. The standard InChI is InChI=1S/C23H34FN3O4/c1-25-7-9-26(10-8-25)23(29)12-20-5-6-21-22(31-20)16-30-15-19(28)14-27(21)13-17-3-2-4-18(24)11-17/h2-4,11,19-22,28H,5-10,12-16H2,1H3/t19-,20-,21+,22-/m1/s1. The molecule has 1 amide bonds. The second-order valence-electron chi connectivity index (χ2n) is 9.08. The Bertz CT molecular complexity index is 743. The van der Waals surface area contributed by atoms with E-state index in [4.69, 9.17) is 9.47 Å². The average molecular weight is 436 g/mol. The van der Waals surface area contributed by atoms with Gasteiger partial charge in [0, 0.05) is 45.3 Å². The zero-order chi connectivity index (χ0) is 21.8. The topological polar surface area (TPSA) is 65.5 Å². The summed E-state index contributed by atoms with van der Waals surface area (Å²) < 4.78 is 25.7. The van der Waals surface area contributed by atoms with Crippen LogP contribution >= 0.6 is 0 Å². The summed E-state index contributed by atoms with van der Waals surface area (Å²) in [6.07, 6.45) is 1.18. The number of aliphatic hydroxyl groups excluding tert-OH is 1. The summed E-state index contributed by atoms with van der Waals surface area (Å²) >= 11 is 0. The molecule has 3 aliphatic rings. The molecule has 3 saturated heterocycles. The quantitative estimate of drug-likeness (QED) is 0.764. The molecule has 1 N–H and O–H groups in total. The van der Waals surface area contributed by atoms with Crippen LogP contribution in [0.15, 0.2) is 24.3 Å². The van der Waals surface area contributed by atoms with Crippen LogP contribution in [-0.2, 0) is 20.8 Å². The summed E-state index contributed by atoms with van der Waals surface area (Å²) in [6, 6.07) is 6.66. The van der Waals surface area contributed by atoms with E-state index in [0.29, 0.717) is 26.1 Å². The van der Waals surface area contributed by atoms with Crippen molar-refractivity contribution in [3.8, 4) is 0 Å². The number of ether oxygens (including phenoxy) is 2. The van der Waals surface area contributed by atoms with E-state index in [0.717, 1.165) is 44.6 Å². The van der Waals surface area contributed by atoms with Gasteiger partial charge in [0.1, 0.15) is 5.82 Å². The van der Waals surface area contributed by atoms with Crippen LogP contribution in [0.4, 0.5) is 4.39 Å². The number of benzene rings is 1. The Morgan fingerprint density at radius 1 is 1.19 bits per heavy atom. The highest BCUT2D eigenvalue weighted by atomic mass is 19.1. The summed E-state index contributed by atoms with van der Waals surface area (Å²) in [7, 11) is 2.08. The van der Waals surface area contributed by atoms with E-state index in [9.17, 15) is 14.3 Å². The van der Waals surface area contributed by atoms with Gasteiger partial charge in [0.15, 0.2) is 0 Å². The van der Waals surface area contributed by atoms with E-state index in [-0.39, 0.29) is 36.6 Å². The first kappa shape index (κ1) is 22.6. The molecule has 172 valence electrons. The van der Waals surface area contributed by atoms with Gasteiger partial charge in [-0.2, -0.15) is 0 Å². The van der Waals surface area contributed by atoms with Gasteiger partial charge in [-0.15, -0.1) is 0 Å². The molecule has 1 aromatic carbocycles. The fourth-order valence-electron chi connectivity index (χ4n) is 4.88. The lowest BCUT2D eigenvalue weighted by Crippen LogP contribution is -2.55. The molecule has 0 aliphatic carbocycles. The Morgan fingerprint density at radius 3 is 2.77 bits per heavy atom. The van der Waals surface area contributed by atoms with Crippen LogP contribution in [0.1, 0.15) is 24.8 Å². The largest absolute Gasteiger partial charge is 0.389 e. The lowest BCUT2D eigenvalue weighted by Gasteiger charge is -2.45. The number of carbonyl (C=O) groups is 1. The SMILES string of the molecule is CN1CCN(C(=O)C[C@H]2CC[C@H]3[C@@H](COC[C@H](O)CN3Cc3cccc(F)c3)O2)CC1. The normalized spacial score (nSPS) is 31.0. The number of fused-ring (bicyclic) bond motifs is 1. The highest BCUT2D eigenvalue weighted by Crippen LogP contribution is 2.29. The molecule has 4 atom stereocenters. The van der Waals surface area contributed by atoms with E-state index in [1.807, 2.05) is 11.0 Å². The van der Waals surface area contributed by atoms with Crippen molar-refractivity contribution in [1.82, 2.24) is 14.7 Å². The average Bonchev–Trinajstić information content (AvgIpc) is 2.73. The Hall–Kier alpha value is -1.58. The fraction of sp³-hybridized carbons (Fsp3) is 0.696. The lowest BCUT2D eigenvalue weighted by molar-refractivity contribution is -0.161. The highest BCUT2D eigenvalue weighted by molar-refractivity contribution is 5.76. The molecular formula is C23H34FN3O4. The minimum absolute atomic E-state index is 0.0632. The number of carbonyl (C=O) groups excluding carboxylic acids is 1. The minimum Gasteiger partial charge on any atom is -0.389 e.